The van der Waals surface area contributed by atoms with Crippen LogP contribution in [-0.2, 0) is 9.59 Å². The summed E-state index contributed by atoms with van der Waals surface area (Å²) in [5, 5.41) is 3.28. The van der Waals surface area contributed by atoms with Gasteiger partial charge in [0, 0.05) is 36.8 Å². The van der Waals surface area contributed by atoms with Gasteiger partial charge in [0.05, 0.1) is 18.2 Å². The summed E-state index contributed by atoms with van der Waals surface area (Å²) >= 11 is 6.28. The average molecular weight is 413 g/mol. The van der Waals surface area contributed by atoms with Crippen molar-refractivity contribution in [1.82, 2.24) is 0 Å². The first kappa shape index (κ1) is 19.3. The molecule has 6 nitrogen and oxygen atoms in total. The Morgan fingerprint density at radius 3 is 2.83 bits per heavy atom. The summed E-state index contributed by atoms with van der Waals surface area (Å²) in [6.07, 6.45) is 5.32. The highest BCUT2D eigenvalue weighted by Gasteiger charge is 2.21. The fourth-order valence-corrected chi connectivity index (χ4v) is 3.65. The van der Waals surface area contributed by atoms with Crippen molar-refractivity contribution < 1.29 is 19.1 Å². The van der Waals surface area contributed by atoms with Gasteiger partial charge >= 0.3 is 0 Å². The normalized spacial score (nSPS) is 16.2. The molecule has 0 atom stereocenters. The van der Waals surface area contributed by atoms with Crippen LogP contribution in [0.1, 0.15) is 24.8 Å². The van der Waals surface area contributed by atoms with E-state index >= 15 is 0 Å². The Hall–Kier alpha value is -2.99. The van der Waals surface area contributed by atoms with Gasteiger partial charge in [-0.1, -0.05) is 17.7 Å². The number of ether oxygens (including phenoxy) is 2. The van der Waals surface area contributed by atoms with Crippen LogP contribution in [0, 0.1) is 0 Å². The summed E-state index contributed by atoms with van der Waals surface area (Å²) in [7, 11) is 0. The summed E-state index contributed by atoms with van der Waals surface area (Å²) in [4.78, 5) is 26.0. The minimum absolute atomic E-state index is 0.111. The highest BCUT2D eigenvalue weighted by atomic mass is 35.5. The zero-order chi connectivity index (χ0) is 20.2. The molecule has 2 aromatic rings. The number of anilines is 2. The Morgan fingerprint density at radius 2 is 2.00 bits per heavy atom. The lowest BCUT2D eigenvalue weighted by atomic mass is 10.2. The Morgan fingerprint density at radius 1 is 1.14 bits per heavy atom. The predicted molar refractivity (Wildman–Crippen MR) is 113 cm³/mol. The molecule has 2 heterocycles. The minimum atomic E-state index is -0.280. The number of amides is 2. The van der Waals surface area contributed by atoms with Crippen LogP contribution in [0.25, 0.3) is 6.08 Å². The topological polar surface area (TPSA) is 67.9 Å². The Labute approximate surface area is 174 Å². The van der Waals surface area contributed by atoms with Gasteiger partial charge < -0.3 is 19.7 Å². The van der Waals surface area contributed by atoms with Crippen LogP contribution < -0.4 is 19.7 Å². The van der Waals surface area contributed by atoms with Gasteiger partial charge in [-0.25, -0.2) is 0 Å². The van der Waals surface area contributed by atoms with Gasteiger partial charge in [0.1, 0.15) is 0 Å². The summed E-state index contributed by atoms with van der Waals surface area (Å²) in [6, 6.07) is 10.8. The monoisotopic (exact) mass is 412 g/mol. The van der Waals surface area contributed by atoms with Crippen LogP contribution in [-0.4, -0.2) is 31.6 Å². The second kappa shape index (κ2) is 8.57. The number of nitrogens with one attached hydrogen (secondary N) is 1. The van der Waals surface area contributed by atoms with E-state index in [1.807, 2.05) is 12.1 Å². The van der Waals surface area contributed by atoms with E-state index in [-0.39, 0.29) is 11.8 Å². The number of rotatable bonds is 4. The third kappa shape index (κ3) is 4.54. The standard InChI is InChI=1S/C22H21ClN2O4/c23-18-12-15(13-19-22(18)29-11-3-10-28-19)7-8-20(26)24-16-4-1-5-17(14-16)25-9-2-6-21(25)27/h1,4-5,7-8,12-14H,2-3,6,9-11H2,(H,24,26)/b8-7+. The SMILES string of the molecule is O=C(/C=C/c1cc(Cl)c2c(c1)OCCCO2)Nc1cccc(N2CCCC2=O)c1. The van der Waals surface area contributed by atoms with Gasteiger partial charge in [-0.05, 0) is 48.4 Å². The smallest absolute Gasteiger partial charge is 0.248 e. The molecule has 0 bridgehead atoms. The molecule has 2 aromatic carbocycles. The second-order valence-corrected chi connectivity index (χ2v) is 7.31. The zero-order valence-electron chi connectivity index (χ0n) is 15.8. The van der Waals surface area contributed by atoms with Gasteiger partial charge in [-0.3, -0.25) is 9.59 Å². The van der Waals surface area contributed by atoms with Crippen LogP contribution in [0.5, 0.6) is 11.5 Å². The van der Waals surface area contributed by atoms with Crippen molar-refractivity contribution in [1.29, 1.82) is 0 Å². The molecule has 0 aliphatic carbocycles. The van der Waals surface area contributed by atoms with Crippen molar-refractivity contribution in [3.63, 3.8) is 0 Å². The second-order valence-electron chi connectivity index (χ2n) is 6.90. The number of carbonyl (C=O) groups is 2. The summed E-state index contributed by atoms with van der Waals surface area (Å²) in [5.74, 6) is 0.954. The molecule has 0 aromatic heterocycles. The molecule has 4 rings (SSSR count). The van der Waals surface area contributed by atoms with Crippen molar-refractivity contribution in [3.8, 4) is 11.5 Å². The van der Waals surface area contributed by atoms with Crippen LogP contribution in [0.15, 0.2) is 42.5 Å². The first-order chi connectivity index (χ1) is 14.1. The molecule has 0 saturated carbocycles. The maximum Gasteiger partial charge on any atom is 0.248 e. The summed E-state index contributed by atoms with van der Waals surface area (Å²) in [5.41, 5.74) is 2.17. The molecule has 2 aliphatic rings. The molecule has 2 amide bonds. The number of hydrogen-bond acceptors (Lipinski definition) is 4. The highest BCUT2D eigenvalue weighted by molar-refractivity contribution is 6.32. The van der Waals surface area contributed by atoms with Gasteiger partial charge in [-0.15, -0.1) is 0 Å². The van der Waals surface area contributed by atoms with Crippen LogP contribution >= 0.6 is 11.6 Å². The lowest BCUT2D eigenvalue weighted by Crippen LogP contribution is -2.23. The number of benzene rings is 2. The van der Waals surface area contributed by atoms with E-state index in [1.54, 1.807) is 35.2 Å². The number of hydrogen-bond donors (Lipinski definition) is 1. The van der Waals surface area contributed by atoms with E-state index in [0.29, 0.717) is 48.4 Å². The first-order valence-electron chi connectivity index (χ1n) is 9.59. The van der Waals surface area contributed by atoms with Gasteiger partial charge in [0.15, 0.2) is 11.5 Å². The number of halogens is 1. The van der Waals surface area contributed by atoms with E-state index in [0.717, 1.165) is 24.1 Å². The molecule has 150 valence electrons. The Balaban J connectivity index is 1.45. The number of carbonyl (C=O) groups excluding carboxylic acids is 2. The van der Waals surface area contributed by atoms with Crippen molar-refractivity contribution >= 4 is 40.9 Å². The minimum Gasteiger partial charge on any atom is -0.489 e. The fourth-order valence-electron chi connectivity index (χ4n) is 3.38. The molecular weight excluding hydrogens is 392 g/mol. The van der Waals surface area contributed by atoms with Gasteiger partial charge in [0.25, 0.3) is 0 Å². The van der Waals surface area contributed by atoms with Gasteiger partial charge in [0.2, 0.25) is 11.8 Å². The van der Waals surface area contributed by atoms with Crippen LogP contribution in [0.2, 0.25) is 5.02 Å². The van der Waals surface area contributed by atoms with Crippen molar-refractivity contribution in [2.75, 3.05) is 30.0 Å². The van der Waals surface area contributed by atoms with Crippen LogP contribution in [0.3, 0.4) is 0 Å². The largest absolute Gasteiger partial charge is 0.489 e. The molecule has 1 saturated heterocycles. The molecule has 1 N–H and O–H groups in total. The molecule has 1 fully saturated rings. The van der Waals surface area contributed by atoms with E-state index in [4.69, 9.17) is 21.1 Å². The Kier molecular flexibility index (Phi) is 5.71. The molecule has 0 unspecified atom stereocenters. The quantitative estimate of drug-likeness (QED) is 0.761. The van der Waals surface area contributed by atoms with Gasteiger partial charge in [-0.2, -0.15) is 0 Å². The van der Waals surface area contributed by atoms with E-state index < -0.39 is 0 Å². The molecular formula is C22H21ClN2O4. The molecule has 0 spiro atoms. The zero-order valence-corrected chi connectivity index (χ0v) is 16.6. The fraction of sp³-hybridized carbons (Fsp3) is 0.273. The lowest BCUT2D eigenvalue weighted by molar-refractivity contribution is -0.117. The molecule has 0 radical (unpaired) electrons. The van der Waals surface area contributed by atoms with Crippen molar-refractivity contribution in [2.45, 2.75) is 19.3 Å². The lowest BCUT2D eigenvalue weighted by Gasteiger charge is -2.16. The van der Waals surface area contributed by atoms with Crippen LogP contribution in [0.4, 0.5) is 11.4 Å². The van der Waals surface area contributed by atoms with E-state index in [1.165, 1.54) is 6.08 Å². The number of nitrogens with zero attached hydrogens (tertiary/aromatic N) is 1. The summed E-state index contributed by atoms with van der Waals surface area (Å²) < 4.78 is 11.3. The molecule has 7 heteroatoms. The van der Waals surface area contributed by atoms with E-state index in [9.17, 15) is 9.59 Å². The maximum atomic E-state index is 12.3. The molecule has 2 aliphatic heterocycles. The highest BCUT2D eigenvalue weighted by Crippen LogP contribution is 2.38. The predicted octanol–water partition coefficient (Wildman–Crippen LogP) is 4.28. The molecule has 29 heavy (non-hydrogen) atoms. The van der Waals surface area contributed by atoms with Crippen molar-refractivity contribution in [3.05, 3.63) is 53.1 Å². The van der Waals surface area contributed by atoms with E-state index in [2.05, 4.69) is 5.32 Å². The first-order valence-corrected chi connectivity index (χ1v) is 9.96. The summed E-state index contributed by atoms with van der Waals surface area (Å²) in [6.45, 7) is 1.83. The Bertz CT molecular complexity index is 973. The third-order valence-corrected chi connectivity index (χ3v) is 5.03. The average Bonchev–Trinajstić information content (AvgIpc) is 2.99. The van der Waals surface area contributed by atoms with Crippen molar-refractivity contribution in [2.24, 2.45) is 0 Å². The maximum absolute atomic E-state index is 12.3. The number of fused-ring (bicyclic) bond motifs is 1. The third-order valence-electron chi connectivity index (χ3n) is 4.75.